The fourth-order valence-electron chi connectivity index (χ4n) is 3.40. The Labute approximate surface area is 127 Å². The first-order chi connectivity index (χ1) is 10.0. The highest BCUT2D eigenvalue weighted by Gasteiger charge is 2.56. The number of halogens is 1. The molecule has 0 N–H and O–H groups in total. The normalized spacial score (nSPS) is 23.7. The molecule has 2 saturated carbocycles. The van der Waals surface area contributed by atoms with Gasteiger partial charge in [0.2, 0.25) is 0 Å². The highest BCUT2D eigenvalue weighted by molar-refractivity contribution is 6.32. The van der Waals surface area contributed by atoms with Crippen molar-refractivity contribution in [1.29, 1.82) is 0 Å². The van der Waals surface area contributed by atoms with Gasteiger partial charge in [-0.25, -0.2) is 0 Å². The summed E-state index contributed by atoms with van der Waals surface area (Å²) >= 11 is 6.06. The number of Topliss-reactive ketones (excluding diaryl/α,β-unsaturated/α-hetero) is 1. The molecule has 21 heavy (non-hydrogen) atoms. The monoisotopic (exact) mass is 309 g/mol. The molecule has 6 heteroatoms. The van der Waals surface area contributed by atoms with E-state index in [1.54, 1.807) is 0 Å². The van der Waals surface area contributed by atoms with E-state index >= 15 is 0 Å². The number of nitro benzene ring substituents is 1. The van der Waals surface area contributed by atoms with E-state index in [0.717, 1.165) is 32.1 Å². The van der Waals surface area contributed by atoms with Crippen molar-refractivity contribution in [2.75, 3.05) is 0 Å². The quantitative estimate of drug-likeness (QED) is 0.627. The summed E-state index contributed by atoms with van der Waals surface area (Å²) in [5.74, 6) is 0.557. The summed E-state index contributed by atoms with van der Waals surface area (Å²) in [6.07, 6.45) is 5.09. The second kappa shape index (κ2) is 5.30. The van der Waals surface area contributed by atoms with Crippen molar-refractivity contribution in [2.45, 2.75) is 44.6 Å². The minimum atomic E-state index is -0.481. The molecule has 0 bridgehead atoms. The summed E-state index contributed by atoms with van der Waals surface area (Å²) in [6, 6.07) is 4.14. The predicted octanol–water partition coefficient (Wildman–Crippen LogP) is 3.92. The van der Waals surface area contributed by atoms with E-state index in [1.165, 1.54) is 18.2 Å². The van der Waals surface area contributed by atoms with Crippen LogP contribution in [0.4, 0.5) is 5.69 Å². The van der Waals surface area contributed by atoms with Crippen LogP contribution in [0.25, 0.3) is 0 Å². The lowest BCUT2D eigenvalue weighted by Crippen LogP contribution is -2.57. The fraction of sp³-hybridized carbons (Fsp3) is 0.533. The van der Waals surface area contributed by atoms with Gasteiger partial charge in [-0.1, -0.05) is 30.9 Å². The molecule has 1 aromatic rings. The average molecular weight is 310 g/mol. The molecule has 1 spiro atoms. The minimum Gasteiger partial charge on any atom is -0.487 e. The number of carbonyl (C=O) groups is 1. The number of carbonyl (C=O) groups excluding carboxylic acids is 1. The van der Waals surface area contributed by atoms with Crippen LogP contribution in [0.15, 0.2) is 18.2 Å². The molecule has 2 aliphatic carbocycles. The van der Waals surface area contributed by atoms with Crippen LogP contribution in [0, 0.1) is 15.5 Å². The van der Waals surface area contributed by atoms with Gasteiger partial charge in [-0.3, -0.25) is 14.9 Å². The number of benzene rings is 1. The van der Waals surface area contributed by atoms with Gasteiger partial charge in [0.05, 0.1) is 21.4 Å². The number of non-ortho nitro benzene ring substituents is 1. The van der Waals surface area contributed by atoms with Crippen LogP contribution in [0.1, 0.15) is 38.5 Å². The molecule has 2 fully saturated rings. The first-order valence-corrected chi connectivity index (χ1v) is 7.55. The zero-order valence-corrected chi connectivity index (χ0v) is 12.3. The molecule has 0 amide bonds. The predicted molar refractivity (Wildman–Crippen MR) is 77.7 cm³/mol. The zero-order valence-electron chi connectivity index (χ0n) is 11.5. The Morgan fingerprint density at radius 1 is 1.29 bits per heavy atom. The lowest BCUT2D eigenvalue weighted by atomic mass is 9.57. The van der Waals surface area contributed by atoms with Crippen molar-refractivity contribution < 1.29 is 14.5 Å². The van der Waals surface area contributed by atoms with Crippen LogP contribution in [-0.2, 0) is 4.79 Å². The SMILES string of the molecule is O=C1CC(Oc2cc([N+](=O)[O-])ccc2Cl)C12CCCCC2. The Bertz CT molecular complexity index is 595. The van der Waals surface area contributed by atoms with Crippen molar-refractivity contribution >= 4 is 23.1 Å². The summed E-state index contributed by atoms with van der Waals surface area (Å²) < 4.78 is 5.88. The maximum Gasteiger partial charge on any atom is 0.273 e. The molecular weight excluding hydrogens is 294 g/mol. The van der Waals surface area contributed by atoms with Crippen LogP contribution < -0.4 is 4.74 Å². The number of ether oxygens (including phenoxy) is 1. The maximum absolute atomic E-state index is 12.0. The maximum atomic E-state index is 12.0. The number of ketones is 1. The third-order valence-corrected chi connectivity index (χ3v) is 5.00. The van der Waals surface area contributed by atoms with Crippen molar-refractivity contribution in [1.82, 2.24) is 0 Å². The highest BCUT2D eigenvalue weighted by atomic mass is 35.5. The summed E-state index contributed by atoms with van der Waals surface area (Å²) in [6.45, 7) is 0. The second-order valence-corrected chi connectivity index (χ2v) is 6.23. The van der Waals surface area contributed by atoms with Crippen molar-refractivity contribution in [3.8, 4) is 5.75 Å². The third-order valence-electron chi connectivity index (χ3n) is 4.68. The molecule has 0 aliphatic heterocycles. The Balaban J connectivity index is 1.82. The van der Waals surface area contributed by atoms with Crippen LogP contribution in [0.2, 0.25) is 5.02 Å². The van der Waals surface area contributed by atoms with E-state index in [4.69, 9.17) is 16.3 Å². The standard InChI is InChI=1S/C15H16ClNO4/c16-11-5-4-10(17(19)20)8-12(11)21-14-9-13(18)15(14)6-2-1-3-7-15/h4-5,8,14H,1-3,6-7,9H2. The molecule has 3 rings (SSSR count). The molecule has 1 aromatic carbocycles. The fourth-order valence-corrected chi connectivity index (χ4v) is 3.56. The van der Waals surface area contributed by atoms with Crippen molar-refractivity contribution in [3.63, 3.8) is 0 Å². The molecule has 0 saturated heterocycles. The van der Waals surface area contributed by atoms with Crippen LogP contribution in [0.3, 0.4) is 0 Å². The number of hydrogen-bond acceptors (Lipinski definition) is 4. The van der Waals surface area contributed by atoms with Gasteiger partial charge in [0.15, 0.2) is 0 Å². The summed E-state index contributed by atoms with van der Waals surface area (Å²) in [5.41, 5.74) is -0.440. The summed E-state index contributed by atoms with van der Waals surface area (Å²) in [7, 11) is 0. The van der Waals surface area contributed by atoms with Gasteiger partial charge >= 0.3 is 0 Å². The van der Waals surface area contributed by atoms with E-state index in [0.29, 0.717) is 17.2 Å². The summed E-state index contributed by atoms with van der Waals surface area (Å²) in [4.78, 5) is 22.4. The average Bonchev–Trinajstić information content (AvgIpc) is 2.49. The van der Waals surface area contributed by atoms with Gasteiger partial charge in [0.1, 0.15) is 17.6 Å². The van der Waals surface area contributed by atoms with E-state index < -0.39 is 4.92 Å². The topological polar surface area (TPSA) is 69.4 Å². The molecule has 1 atom stereocenters. The van der Waals surface area contributed by atoms with Gasteiger partial charge in [-0.15, -0.1) is 0 Å². The smallest absolute Gasteiger partial charge is 0.273 e. The van der Waals surface area contributed by atoms with Gasteiger partial charge in [0, 0.05) is 12.5 Å². The Hall–Kier alpha value is -1.62. The van der Waals surface area contributed by atoms with Crippen LogP contribution in [0.5, 0.6) is 5.75 Å². The highest BCUT2D eigenvalue weighted by Crippen LogP contribution is 2.51. The lowest BCUT2D eigenvalue weighted by Gasteiger charge is -2.49. The number of hydrogen-bond donors (Lipinski definition) is 0. The van der Waals surface area contributed by atoms with E-state index in [2.05, 4.69) is 0 Å². The third kappa shape index (κ3) is 2.39. The molecule has 1 unspecified atom stereocenters. The van der Waals surface area contributed by atoms with Crippen molar-refractivity contribution in [2.24, 2.45) is 5.41 Å². The molecule has 0 aromatic heterocycles. The first-order valence-electron chi connectivity index (χ1n) is 7.17. The van der Waals surface area contributed by atoms with Gasteiger partial charge in [-0.2, -0.15) is 0 Å². The van der Waals surface area contributed by atoms with Crippen LogP contribution in [-0.4, -0.2) is 16.8 Å². The number of nitrogens with zero attached hydrogens (tertiary/aromatic N) is 1. The zero-order chi connectivity index (χ0) is 15.0. The van der Waals surface area contributed by atoms with Crippen molar-refractivity contribution in [3.05, 3.63) is 33.3 Å². The van der Waals surface area contributed by atoms with E-state index in [9.17, 15) is 14.9 Å². The summed E-state index contributed by atoms with van der Waals surface area (Å²) in [5, 5.41) is 11.2. The Morgan fingerprint density at radius 3 is 2.62 bits per heavy atom. The van der Waals surface area contributed by atoms with Gasteiger partial charge in [-0.05, 0) is 18.9 Å². The molecule has 0 heterocycles. The Morgan fingerprint density at radius 2 is 2.00 bits per heavy atom. The van der Waals surface area contributed by atoms with Gasteiger partial charge < -0.3 is 4.74 Å². The van der Waals surface area contributed by atoms with E-state index in [-0.39, 0.29) is 23.0 Å². The number of rotatable bonds is 3. The van der Waals surface area contributed by atoms with Crippen LogP contribution >= 0.6 is 11.6 Å². The molecule has 112 valence electrons. The van der Waals surface area contributed by atoms with E-state index in [1.807, 2.05) is 0 Å². The largest absolute Gasteiger partial charge is 0.487 e. The Kier molecular flexibility index (Phi) is 3.61. The lowest BCUT2D eigenvalue weighted by molar-refractivity contribution is -0.385. The molecule has 5 nitrogen and oxygen atoms in total. The minimum absolute atomic E-state index is 0.0576. The van der Waals surface area contributed by atoms with Gasteiger partial charge in [0.25, 0.3) is 5.69 Å². The number of nitro groups is 1. The first kappa shape index (κ1) is 14.3. The molecule has 0 radical (unpaired) electrons. The molecular formula is C15H16ClNO4. The second-order valence-electron chi connectivity index (χ2n) is 5.82. The molecule has 2 aliphatic rings.